The van der Waals surface area contributed by atoms with Crippen molar-refractivity contribution in [3.8, 4) is 0 Å². The molecule has 0 saturated heterocycles. The first-order chi connectivity index (χ1) is 12.6. The summed E-state index contributed by atoms with van der Waals surface area (Å²) in [6.07, 6.45) is 3.88. The van der Waals surface area contributed by atoms with Gasteiger partial charge in [-0.3, -0.25) is 9.78 Å². The highest BCUT2D eigenvalue weighted by Gasteiger charge is 2.16. The van der Waals surface area contributed by atoms with Crippen LogP contribution in [0.15, 0.2) is 79.0 Å². The number of rotatable bonds is 5. The number of carbonyl (C=O) groups is 1. The summed E-state index contributed by atoms with van der Waals surface area (Å²) in [4.78, 5) is 16.6. The topological polar surface area (TPSA) is 42.0 Å². The minimum absolute atomic E-state index is 0.253. The number of benzene rings is 2. The van der Waals surface area contributed by atoms with E-state index in [0.717, 1.165) is 29.8 Å². The van der Waals surface area contributed by atoms with Crippen molar-refractivity contribution in [1.82, 2.24) is 10.3 Å². The highest BCUT2D eigenvalue weighted by molar-refractivity contribution is 5.92. The van der Waals surface area contributed by atoms with Crippen LogP contribution in [-0.4, -0.2) is 10.9 Å². The first-order valence-electron chi connectivity index (χ1n) is 8.03. The zero-order chi connectivity index (χ0) is 18.4. The summed E-state index contributed by atoms with van der Waals surface area (Å²) in [5.74, 6) is -1.93. The van der Waals surface area contributed by atoms with Crippen LogP contribution in [0.3, 0.4) is 0 Å². The lowest BCUT2D eigenvalue weighted by molar-refractivity contribution is -0.116. The van der Waals surface area contributed by atoms with Gasteiger partial charge in [0.15, 0.2) is 0 Å². The van der Waals surface area contributed by atoms with Crippen LogP contribution in [0.2, 0.25) is 0 Å². The van der Waals surface area contributed by atoms with E-state index in [2.05, 4.69) is 10.3 Å². The average molecular weight is 350 g/mol. The third-order valence-electron chi connectivity index (χ3n) is 3.80. The zero-order valence-electron chi connectivity index (χ0n) is 13.8. The second kappa shape index (κ2) is 8.16. The summed E-state index contributed by atoms with van der Waals surface area (Å²) in [6, 6.07) is 17.9. The van der Waals surface area contributed by atoms with E-state index in [1.54, 1.807) is 18.3 Å². The molecule has 1 aromatic heterocycles. The monoisotopic (exact) mass is 350 g/mol. The van der Waals surface area contributed by atoms with Gasteiger partial charge in [-0.2, -0.15) is 0 Å². The van der Waals surface area contributed by atoms with E-state index < -0.39 is 23.6 Å². The Morgan fingerprint density at radius 3 is 2.27 bits per heavy atom. The van der Waals surface area contributed by atoms with Gasteiger partial charge in [-0.05, 0) is 35.9 Å². The predicted molar refractivity (Wildman–Crippen MR) is 96.1 cm³/mol. The summed E-state index contributed by atoms with van der Waals surface area (Å²) in [6.45, 7) is 0. The van der Waals surface area contributed by atoms with Crippen molar-refractivity contribution in [2.24, 2.45) is 0 Å². The molecule has 0 aliphatic carbocycles. The number of hydrogen-bond donors (Lipinski definition) is 1. The van der Waals surface area contributed by atoms with E-state index >= 15 is 0 Å². The first kappa shape index (κ1) is 17.5. The van der Waals surface area contributed by atoms with Crippen LogP contribution in [0.1, 0.15) is 22.9 Å². The number of amides is 1. The number of nitrogens with zero attached hydrogens (tertiary/aromatic N) is 1. The highest BCUT2D eigenvalue weighted by Crippen LogP contribution is 2.20. The Kier molecular flexibility index (Phi) is 5.49. The number of nitrogens with one attached hydrogen (secondary N) is 1. The van der Waals surface area contributed by atoms with Gasteiger partial charge < -0.3 is 5.32 Å². The van der Waals surface area contributed by atoms with Gasteiger partial charge in [0.2, 0.25) is 5.91 Å². The normalized spacial score (nSPS) is 12.1. The molecule has 0 unspecified atom stereocenters. The second-order valence-corrected chi connectivity index (χ2v) is 5.58. The Hall–Kier alpha value is -3.34. The van der Waals surface area contributed by atoms with E-state index in [1.165, 1.54) is 6.07 Å². The molecule has 130 valence electrons. The summed E-state index contributed by atoms with van der Waals surface area (Å²) in [5, 5.41) is 2.83. The van der Waals surface area contributed by atoms with Crippen molar-refractivity contribution in [2.45, 2.75) is 6.04 Å². The molecule has 0 aliphatic rings. The van der Waals surface area contributed by atoms with Crippen molar-refractivity contribution in [3.05, 3.63) is 107 Å². The lowest BCUT2D eigenvalue weighted by atomic mass is 10.0. The molecule has 1 atom stereocenters. The quantitative estimate of drug-likeness (QED) is 0.698. The molecule has 1 heterocycles. The molecule has 26 heavy (non-hydrogen) atoms. The summed E-state index contributed by atoms with van der Waals surface area (Å²) >= 11 is 0. The minimum atomic E-state index is -0.724. The van der Waals surface area contributed by atoms with E-state index in [4.69, 9.17) is 0 Å². The zero-order valence-corrected chi connectivity index (χ0v) is 13.8. The van der Waals surface area contributed by atoms with E-state index in [1.807, 2.05) is 36.4 Å². The Balaban J connectivity index is 1.83. The molecule has 3 aromatic rings. The maximum Gasteiger partial charge on any atom is 0.244 e. The number of hydrogen-bond acceptors (Lipinski definition) is 2. The highest BCUT2D eigenvalue weighted by atomic mass is 19.1. The van der Waals surface area contributed by atoms with E-state index in [0.29, 0.717) is 5.69 Å². The Morgan fingerprint density at radius 1 is 0.923 bits per heavy atom. The van der Waals surface area contributed by atoms with Crippen molar-refractivity contribution in [3.63, 3.8) is 0 Å². The molecule has 0 saturated carbocycles. The van der Waals surface area contributed by atoms with Crippen LogP contribution < -0.4 is 5.32 Å². The lowest BCUT2D eigenvalue weighted by Gasteiger charge is -2.18. The van der Waals surface area contributed by atoms with Crippen LogP contribution in [0.5, 0.6) is 0 Å². The van der Waals surface area contributed by atoms with Gasteiger partial charge in [0.1, 0.15) is 11.6 Å². The van der Waals surface area contributed by atoms with Crippen molar-refractivity contribution in [1.29, 1.82) is 0 Å². The largest absolute Gasteiger partial charge is 0.340 e. The third-order valence-corrected chi connectivity index (χ3v) is 3.80. The fourth-order valence-electron chi connectivity index (χ4n) is 2.54. The Morgan fingerprint density at radius 2 is 1.62 bits per heavy atom. The van der Waals surface area contributed by atoms with Crippen LogP contribution in [-0.2, 0) is 4.79 Å². The van der Waals surface area contributed by atoms with Gasteiger partial charge in [-0.15, -0.1) is 0 Å². The Labute approximate surface area is 150 Å². The van der Waals surface area contributed by atoms with E-state index in [-0.39, 0.29) is 5.56 Å². The molecule has 0 aliphatic heterocycles. The first-order valence-corrected chi connectivity index (χ1v) is 8.03. The molecular formula is C21H16F2N2O. The van der Waals surface area contributed by atoms with Crippen molar-refractivity contribution in [2.75, 3.05) is 0 Å². The molecule has 0 radical (unpaired) electrons. The van der Waals surface area contributed by atoms with E-state index in [9.17, 15) is 13.6 Å². The van der Waals surface area contributed by atoms with Crippen LogP contribution in [0, 0.1) is 11.6 Å². The van der Waals surface area contributed by atoms with Crippen LogP contribution in [0.4, 0.5) is 8.78 Å². The molecule has 3 nitrogen and oxygen atoms in total. The predicted octanol–water partition coefficient (Wildman–Crippen LogP) is 4.28. The fraction of sp³-hybridized carbons (Fsp3) is 0.0476. The molecule has 1 N–H and O–H groups in total. The van der Waals surface area contributed by atoms with Gasteiger partial charge >= 0.3 is 0 Å². The maximum absolute atomic E-state index is 13.7. The minimum Gasteiger partial charge on any atom is -0.340 e. The molecule has 0 bridgehead atoms. The third kappa shape index (κ3) is 4.19. The second-order valence-electron chi connectivity index (χ2n) is 5.58. The maximum atomic E-state index is 13.7. The smallest absolute Gasteiger partial charge is 0.244 e. The summed E-state index contributed by atoms with van der Waals surface area (Å²) in [5.41, 5.74) is 1.26. The molecular weight excluding hydrogens is 334 g/mol. The van der Waals surface area contributed by atoms with Crippen LogP contribution in [0.25, 0.3) is 6.08 Å². The molecule has 0 spiro atoms. The fourth-order valence-corrected chi connectivity index (χ4v) is 2.54. The standard InChI is InChI=1S/C21H16F2N2O/c22-17-9-6-10-18(23)16(17)12-13-20(26)25-21(15-7-2-1-3-8-15)19-11-4-5-14-24-19/h1-14,21H,(H,25,26)/b13-12-/t21-/m0/s1. The average Bonchev–Trinajstić information content (AvgIpc) is 2.67. The number of carbonyl (C=O) groups excluding carboxylic acids is 1. The molecule has 0 fully saturated rings. The van der Waals surface area contributed by atoms with Gasteiger partial charge in [0.05, 0.1) is 11.7 Å². The van der Waals surface area contributed by atoms with Gasteiger partial charge in [0.25, 0.3) is 0 Å². The van der Waals surface area contributed by atoms with Crippen molar-refractivity contribution >= 4 is 12.0 Å². The number of pyridine rings is 1. The molecule has 3 rings (SSSR count). The number of aromatic nitrogens is 1. The van der Waals surface area contributed by atoms with Crippen molar-refractivity contribution < 1.29 is 13.6 Å². The summed E-state index contributed by atoms with van der Waals surface area (Å²) in [7, 11) is 0. The number of halogens is 2. The molecule has 2 aromatic carbocycles. The van der Waals surface area contributed by atoms with Crippen LogP contribution >= 0.6 is 0 Å². The SMILES string of the molecule is O=C(/C=C\c1c(F)cccc1F)N[C@@H](c1ccccc1)c1ccccn1. The lowest BCUT2D eigenvalue weighted by Crippen LogP contribution is -2.28. The Bertz CT molecular complexity index is 852. The molecule has 1 amide bonds. The molecule has 5 heteroatoms. The summed E-state index contributed by atoms with van der Waals surface area (Å²) < 4.78 is 27.3. The van der Waals surface area contributed by atoms with Gasteiger partial charge in [0, 0.05) is 17.8 Å². The van der Waals surface area contributed by atoms with Gasteiger partial charge in [-0.25, -0.2) is 8.78 Å². The van der Waals surface area contributed by atoms with Gasteiger partial charge in [-0.1, -0.05) is 42.5 Å².